The van der Waals surface area contributed by atoms with Crippen LogP contribution in [0, 0.1) is 5.82 Å². The van der Waals surface area contributed by atoms with Crippen molar-refractivity contribution in [3.05, 3.63) is 59.9 Å². The van der Waals surface area contributed by atoms with E-state index in [0.29, 0.717) is 18.8 Å². The van der Waals surface area contributed by atoms with E-state index in [4.69, 9.17) is 4.74 Å². The Labute approximate surface area is 150 Å². The normalized spacial score (nSPS) is 22.9. The second-order valence-corrected chi connectivity index (χ2v) is 7.28. The fourth-order valence-corrected chi connectivity index (χ4v) is 4.67. The van der Waals surface area contributed by atoms with Crippen molar-refractivity contribution in [2.24, 2.45) is 0 Å². The number of hydrogen-bond acceptors (Lipinski definition) is 4. The highest BCUT2D eigenvalue weighted by atomic mass is 32.2. The maximum atomic E-state index is 14.7. The predicted octanol–water partition coefficient (Wildman–Crippen LogP) is 3.01. The lowest BCUT2D eigenvalue weighted by Crippen LogP contribution is -2.42. The zero-order chi connectivity index (χ0) is 17.4. The molecule has 1 N–H and O–H groups in total. The van der Waals surface area contributed by atoms with E-state index in [2.05, 4.69) is 4.90 Å². The summed E-state index contributed by atoms with van der Waals surface area (Å²) in [6.07, 6.45) is 0.955. The van der Waals surface area contributed by atoms with Gasteiger partial charge in [-0.3, -0.25) is 0 Å². The van der Waals surface area contributed by atoms with Crippen molar-refractivity contribution in [2.45, 2.75) is 12.1 Å². The summed E-state index contributed by atoms with van der Waals surface area (Å²) < 4.78 is 21.7. The molecule has 25 heavy (non-hydrogen) atoms. The first kappa shape index (κ1) is 16.4. The molecule has 4 nitrogen and oxygen atoms in total. The molecule has 2 aromatic rings. The van der Waals surface area contributed by atoms with E-state index in [1.165, 1.54) is 13.2 Å². The Morgan fingerprint density at radius 2 is 2.04 bits per heavy atom. The van der Waals surface area contributed by atoms with E-state index in [1.54, 1.807) is 23.9 Å². The van der Waals surface area contributed by atoms with E-state index >= 15 is 0 Å². The molecular formula is C19H20FN2O2S+. The van der Waals surface area contributed by atoms with Crippen molar-refractivity contribution in [2.75, 3.05) is 30.9 Å². The lowest BCUT2D eigenvalue weighted by Gasteiger charge is -2.24. The van der Waals surface area contributed by atoms with Crippen LogP contribution in [0.25, 0.3) is 0 Å². The molecule has 0 saturated heterocycles. The molecule has 0 bridgehead atoms. The molecule has 0 spiro atoms. The number of amidine groups is 1. The molecule has 4 rings (SSSR count). The highest BCUT2D eigenvalue weighted by molar-refractivity contribution is 8.13. The smallest absolute Gasteiger partial charge is 0.316 e. The van der Waals surface area contributed by atoms with E-state index in [-0.39, 0.29) is 5.56 Å². The van der Waals surface area contributed by atoms with Crippen LogP contribution in [0.5, 0.6) is 5.75 Å². The molecule has 2 heterocycles. The van der Waals surface area contributed by atoms with E-state index < -0.39 is 11.5 Å². The number of aliphatic hydroxyl groups is 1. The van der Waals surface area contributed by atoms with Gasteiger partial charge in [-0.2, -0.15) is 0 Å². The van der Waals surface area contributed by atoms with Gasteiger partial charge >= 0.3 is 5.17 Å². The molecular weight excluding hydrogens is 339 g/mol. The number of hydrogen-bond donors (Lipinski definition) is 1. The van der Waals surface area contributed by atoms with Gasteiger partial charge in [0.05, 0.1) is 19.2 Å². The second kappa shape index (κ2) is 6.35. The molecule has 2 aliphatic heterocycles. The predicted molar refractivity (Wildman–Crippen MR) is 97.8 cm³/mol. The van der Waals surface area contributed by atoms with Gasteiger partial charge in [-0.1, -0.05) is 18.2 Å². The number of rotatable bonds is 3. The van der Waals surface area contributed by atoms with Crippen LogP contribution in [0.4, 0.5) is 10.1 Å². The number of halogens is 1. The Balaban J connectivity index is 1.81. The molecule has 0 aromatic heterocycles. The van der Waals surface area contributed by atoms with Gasteiger partial charge in [0.25, 0.3) is 5.72 Å². The fraction of sp³-hybridized carbons (Fsp3) is 0.316. The average Bonchev–Trinajstić information content (AvgIpc) is 2.96. The number of ether oxygens (including phenoxy) is 1. The average molecular weight is 359 g/mol. The number of methoxy groups -OCH3 is 1. The Kier molecular flexibility index (Phi) is 4.17. The quantitative estimate of drug-likeness (QED) is 0.855. The summed E-state index contributed by atoms with van der Waals surface area (Å²) in [4.78, 5) is 2.08. The summed E-state index contributed by atoms with van der Waals surface area (Å²) in [5, 5.41) is 12.5. The number of anilines is 1. The fourth-order valence-electron chi connectivity index (χ4n) is 3.49. The second-order valence-electron chi connectivity index (χ2n) is 6.22. The van der Waals surface area contributed by atoms with E-state index in [1.807, 2.05) is 34.9 Å². The van der Waals surface area contributed by atoms with Crippen LogP contribution in [0.1, 0.15) is 12.0 Å². The van der Waals surface area contributed by atoms with Gasteiger partial charge in [0.2, 0.25) is 0 Å². The van der Waals surface area contributed by atoms with Gasteiger partial charge in [0, 0.05) is 11.8 Å². The van der Waals surface area contributed by atoms with Crippen LogP contribution in [0.2, 0.25) is 0 Å². The first-order valence-corrected chi connectivity index (χ1v) is 9.28. The molecule has 1 atom stereocenters. The van der Waals surface area contributed by atoms with Crippen molar-refractivity contribution >= 4 is 22.6 Å². The van der Waals surface area contributed by atoms with Gasteiger partial charge in [-0.15, -0.1) is 0 Å². The molecule has 0 fully saturated rings. The van der Waals surface area contributed by atoms with Crippen molar-refractivity contribution in [3.63, 3.8) is 0 Å². The van der Waals surface area contributed by atoms with Gasteiger partial charge in [-0.05, 0) is 42.4 Å². The van der Waals surface area contributed by atoms with Gasteiger partial charge in [0.1, 0.15) is 17.3 Å². The third kappa shape index (κ3) is 2.69. The maximum Gasteiger partial charge on any atom is 0.316 e. The summed E-state index contributed by atoms with van der Waals surface area (Å²) >= 11 is 1.71. The zero-order valence-electron chi connectivity index (χ0n) is 14.0. The molecule has 6 heteroatoms. The van der Waals surface area contributed by atoms with Crippen LogP contribution in [0.15, 0.2) is 48.5 Å². The van der Waals surface area contributed by atoms with Crippen LogP contribution in [0.3, 0.4) is 0 Å². The van der Waals surface area contributed by atoms with E-state index in [0.717, 1.165) is 23.0 Å². The number of thioether (sulfide) groups is 1. The lowest BCUT2D eigenvalue weighted by atomic mass is 10.0. The van der Waals surface area contributed by atoms with Crippen LogP contribution < -0.4 is 9.64 Å². The topological polar surface area (TPSA) is 35.7 Å². The first-order valence-electron chi connectivity index (χ1n) is 8.30. The summed E-state index contributed by atoms with van der Waals surface area (Å²) in [5.41, 5.74) is -0.108. The molecule has 130 valence electrons. The minimum Gasteiger partial charge on any atom is -0.497 e. The molecule has 0 saturated carbocycles. The lowest BCUT2D eigenvalue weighted by molar-refractivity contribution is -0.657. The molecule has 2 aliphatic rings. The van der Waals surface area contributed by atoms with Gasteiger partial charge in [-0.25, -0.2) is 13.9 Å². The van der Waals surface area contributed by atoms with Gasteiger partial charge in [0.15, 0.2) is 6.54 Å². The minimum absolute atomic E-state index is 0.284. The van der Waals surface area contributed by atoms with Gasteiger partial charge < -0.3 is 9.84 Å². The molecule has 0 aliphatic carbocycles. The van der Waals surface area contributed by atoms with Crippen LogP contribution >= 0.6 is 11.8 Å². The van der Waals surface area contributed by atoms with Crippen molar-refractivity contribution in [1.82, 2.24) is 0 Å². The highest BCUT2D eigenvalue weighted by Crippen LogP contribution is 2.38. The van der Waals surface area contributed by atoms with Crippen molar-refractivity contribution in [1.29, 1.82) is 0 Å². The van der Waals surface area contributed by atoms with Crippen LogP contribution in [-0.2, 0) is 5.72 Å². The first-order chi connectivity index (χ1) is 12.1. The van der Waals surface area contributed by atoms with Crippen molar-refractivity contribution in [3.8, 4) is 5.75 Å². The largest absolute Gasteiger partial charge is 0.497 e. The highest BCUT2D eigenvalue weighted by Gasteiger charge is 2.54. The SMILES string of the molecule is COc1ccc([C@]2(O)CN(c3ccccc3)C3=[N+]2CCCS3)c(F)c1. The minimum atomic E-state index is -1.39. The third-order valence-electron chi connectivity index (χ3n) is 4.72. The number of nitrogens with zero attached hydrogens (tertiary/aromatic N) is 2. The number of benzene rings is 2. The van der Waals surface area contributed by atoms with Crippen LogP contribution in [-0.4, -0.2) is 40.8 Å². The summed E-state index contributed by atoms with van der Waals surface area (Å²) in [6, 6.07) is 14.6. The van der Waals surface area contributed by atoms with E-state index in [9.17, 15) is 9.50 Å². The third-order valence-corrected chi connectivity index (χ3v) is 5.91. The standard InChI is InChI=1S/C19H20FN2O2S/c1-24-15-8-9-16(17(20)12-15)19(23)13-21(14-6-3-2-4-7-14)18-22(19)10-5-11-25-18/h2-4,6-9,12,23H,5,10-11,13H2,1H3/q+1/t19-/m1/s1. The maximum absolute atomic E-state index is 14.7. The molecule has 0 unspecified atom stereocenters. The molecule has 2 aromatic carbocycles. The van der Waals surface area contributed by atoms with Crippen molar-refractivity contribution < 1.29 is 18.8 Å². The Morgan fingerprint density at radius 3 is 2.76 bits per heavy atom. The summed E-state index contributed by atoms with van der Waals surface area (Å²) in [5.74, 6) is 0.989. The molecule has 0 amide bonds. The Morgan fingerprint density at radius 1 is 1.24 bits per heavy atom. The monoisotopic (exact) mass is 359 g/mol. The Hall–Kier alpha value is -2.05. The summed E-state index contributed by atoms with van der Waals surface area (Å²) in [6.45, 7) is 0.996. The zero-order valence-corrected chi connectivity index (χ0v) is 14.8. The summed E-state index contributed by atoms with van der Waals surface area (Å²) in [7, 11) is 1.50. The number of β-amino-alcohol motifs (C(OH)–C–C–N with tert-alkyl or cyclic N) is 1. The molecule has 0 radical (unpaired) electrons. The number of para-hydroxylation sites is 1. The Bertz CT molecular complexity index is 827.